The summed E-state index contributed by atoms with van der Waals surface area (Å²) in [4.78, 5) is 30.1. The van der Waals surface area contributed by atoms with Crippen LogP contribution in [0.2, 0.25) is 0 Å². The number of carbonyl (C=O) groups excluding carboxylic acids is 1. The Morgan fingerprint density at radius 2 is 2.19 bits per heavy atom. The standard InChI is InChI=1S/C11H7NO3S.C8H12N2S/c13-6-7-3-8(10-12-1-2-16-10)5-9(4-7)11(14)15;1-6-5-11-8(10-6)7-3-2-4-9-7/h1-6H,(H,14,15);5,7,9H,2-4H2,1H3/t;7-/m.1/s1. The van der Waals surface area contributed by atoms with Crippen LogP contribution in [0.25, 0.3) is 10.6 Å². The lowest BCUT2D eigenvalue weighted by Gasteiger charge is -2.03. The summed E-state index contributed by atoms with van der Waals surface area (Å²) in [6.45, 7) is 3.21. The Morgan fingerprint density at radius 1 is 1.33 bits per heavy atom. The Hall–Kier alpha value is -2.42. The minimum absolute atomic E-state index is 0.0924. The number of carboxylic acids is 1. The Balaban J connectivity index is 0.000000166. The molecule has 3 aromatic rings. The molecule has 2 aromatic heterocycles. The van der Waals surface area contributed by atoms with Crippen molar-refractivity contribution in [1.82, 2.24) is 15.3 Å². The van der Waals surface area contributed by atoms with Crippen molar-refractivity contribution in [3.8, 4) is 10.6 Å². The Bertz CT molecular complexity index is 916. The predicted molar refractivity (Wildman–Crippen MR) is 107 cm³/mol. The molecule has 0 saturated carbocycles. The molecule has 1 aliphatic heterocycles. The predicted octanol–water partition coefficient (Wildman–Crippen LogP) is 4.20. The number of hydrogen-bond donors (Lipinski definition) is 2. The van der Waals surface area contributed by atoms with Gasteiger partial charge in [0.05, 0.1) is 11.6 Å². The fraction of sp³-hybridized carbons (Fsp3) is 0.263. The maximum Gasteiger partial charge on any atom is 0.335 e. The number of carboxylic acid groups (broad SMARTS) is 1. The number of thiazole rings is 2. The number of benzene rings is 1. The lowest BCUT2D eigenvalue weighted by atomic mass is 10.1. The summed E-state index contributed by atoms with van der Waals surface area (Å²) in [5, 5.41) is 18.2. The van der Waals surface area contributed by atoms with Crippen LogP contribution in [0.1, 0.15) is 50.3 Å². The second kappa shape index (κ2) is 8.98. The number of aromatic carboxylic acids is 1. The molecule has 0 amide bonds. The number of rotatable bonds is 4. The average Bonchev–Trinajstić information content (AvgIpc) is 3.43. The van der Waals surface area contributed by atoms with E-state index in [0.29, 0.717) is 28.5 Å². The number of aromatic nitrogens is 2. The van der Waals surface area contributed by atoms with Crippen LogP contribution >= 0.6 is 22.7 Å². The molecule has 2 N–H and O–H groups in total. The van der Waals surface area contributed by atoms with Crippen molar-refractivity contribution in [1.29, 1.82) is 0 Å². The summed E-state index contributed by atoms with van der Waals surface area (Å²) in [7, 11) is 0. The van der Waals surface area contributed by atoms with Crippen LogP contribution in [0.3, 0.4) is 0 Å². The van der Waals surface area contributed by atoms with Gasteiger partial charge in [-0.3, -0.25) is 4.79 Å². The molecular weight excluding hydrogens is 382 g/mol. The van der Waals surface area contributed by atoms with Gasteiger partial charge in [0.15, 0.2) is 0 Å². The van der Waals surface area contributed by atoms with Gasteiger partial charge in [0.2, 0.25) is 0 Å². The first kappa shape index (κ1) is 19.3. The zero-order valence-corrected chi connectivity index (χ0v) is 16.3. The normalized spacial score (nSPS) is 15.8. The van der Waals surface area contributed by atoms with Crippen LogP contribution in [0.15, 0.2) is 35.2 Å². The summed E-state index contributed by atoms with van der Waals surface area (Å²) in [5.74, 6) is -1.05. The third-order valence-corrected chi connectivity index (χ3v) is 5.91. The zero-order valence-electron chi connectivity index (χ0n) is 14.7. The summed E-state index contributed by atoms with van der Waals surface area (Å²) in [6, 6.07) is 5.02. The van der Waals surface area contributed by atoms with Gasteiger partial charge in [0, 0.05) is 33.8 Å². The molecule has 1 fully saturated rings. The van der Waals surface area contributed by atoms with Gasteiger partial charge in [0.1, 0.15) is 16.3 Å². The molecule has 4 rings (SSSR count). The van der Waals surface area contributed by atoms with Crippen molar-refractivity contribution in [2.24, 2.45) is 0 Å². The molecule has 1 saturated heterocycles. The Labute approximate surface area is 164 Å². The van der Waals surface area contributed by atoms with E-state index in [1.54, 1.807) is 29.0 Å². The third kappa shape index (κ3) is 5.06. The van der Waals surface area contributed by atoms with Crippen LogP contribution in [-0.2, 0) is 0 Å². The first-order chi connectivity index (χ1) is 13.1. The summed E-state index contributed by atoms with van der Waals surface area (Å²) in [6.07, 6.45) is 4.81. The molecule has 0 unspecified atom stereocenters. The van der Waals surface area contributed by atoms with E-state index in [1.165, 1.54) is 41.3 Å². The number of aldehydes is 1. The molecule has 3 heterocycles. The molecule has 140 valence electrons. The summed E-state index contributed by atoms with van der Waals surface area (Å²) < 4.78 is 0. The summed E-state index contributed by atoms with van der Waals surface area (Å²) >= 11 is 3.17. The minimum atomic E-state index is -1.05. The molecule has 1 aromatic carbocycles. The molecular formula is C19H19N3O3S2. The van der Waals surface area contributed by atoms with Crippen molar-refractivity contribution in [2.75, 3.05) is 6.54 Å². The molecule has 27 heavy (non-hydrogen) atoms. The third-order valence-electron chi connectivity index (χ3n) is 4.01. The van der Waals surface area contributed by atoms with Gasteiger partial charge in [-0.2, -0.15) is 0 Å². The fourth-order valence-corrected chi connectivity index (χ4v) is 4.29. The lowest BCUT2D eigenvalue weighted by molar-refractivity contribution is 0.0697. The molecule has 6 nitrogen and oxygen atoms in total. The average molecular weight is 402 g/mol. The fourth-order valence-electron chi connectivity index (χ4n) is 2.76. The second-order valence-electron chi connectivity index (χ2n) is 6.08. The van der Waals surface area contributed by atoms with Crippen LogP contribution in [-0.4, -0.2) is 33.9 Å². The molecule has 0 aliphatic carbocycles. The largest absolute Gasteiger partial charge is 0.478 e. The number of hydrogen-bond acceptors (Lipinski definition) is 7. The topological polar surface area (TPSA) is 92.2 Å². The first-order valence-corrected chi connectivity index (χ1v) is 10.2. The van der Waals surface area contributed by atoms with Gasteiger partial charge >= 0.3 is 5.97 Å². The van der Waals surface area contributed by atoms with Crippen molar-refractivity contribution in [2.45, 2.75) is 25.8 Å². The summed E-state index contributed by atoms with van der Waals surface area (Å²) in [5.41, 5.74) is 2.23. The van der Waals surface area contributed by atoms with Crippen LogP contribution in [0, 0.1) is 6.92 Å². The van der Waals surface area contributed by atoms with Gasteiger partial charge in [-0.05, 0) is 44.5 Å². The molecule has 0 bridgehead atoms. The van der Waals surface area contributed by atoms with E-state index in [2.05, 4.69) is 27.6 Å². The minimum Gasteiger partial charge on any atom is -0.478 e. The Kier molecular flexibility index (Phi) is 6.44. The maximum atomic E-state index is 10.9. The zero-order chi connectivity index (χ0) is 19.2. The molecule has 1 atom stereocenters. The van der Waals surface area contributed by atoms with Crippen molar-refractivity contribution >= 4 is 34.9 Å². The highest BCUT2D eigenvalue weighted by Gasteiger charge is 2.18. The first-order valence-electron chi connectivity index (χ1n) is 8.45. The highest BCUT2D eigenvalue weighted by Crippen LogP contribution is 2.25. The van der Waals surface area contributed by atoms with E-state index in [4.69, 9.17) is 5.11 Å². The molecule has 0 spiro atoms. The second-order valence-corrected chi connectivity index (χ2v) is 7.86. The van der Waals surface area contributed by atoms with Gasteiger partial charge in [-0.1, -0.05) is 0 Å². The number of nitrogens with zero attached hydrogens (tertiary/aromatic N) is 2. The Morgan fingerprint density at radius 3 is 2.74 bits per heavy atom. The van der Waals surface area contributed by atoms with Crippen LogP contribution in [0.5, 0.6) is 0 Å². The lowest BCUT2D eigenvalue weighted by Crippen LogP contribution is -2.12. The maximum absolute atomic E-state index is 10.9. The number of nitrogens with one attached hydrogen (secondary N) is 1. The van der Waals surface area contributed by atoms with E-state index in [9.17, 15) is 9.59 Å². The van der Waals surface area contributed by atoms with Gasteiger partial charge < -0.3 is 10.4 Å². The van der Waals surface area contributed by atoms with E-state index < -0.39 is 5.97 Å². The highest BCUT2D eigenvalue weighted by atomic mass is 32.1. The molecule has 8 heteroatoms. The van der Waals surface area contributed by atoms with Crippen molar-refractivity contribution in [3.63, 3.8) is 0 Å². The van der Waals surface area contributed by atoms with E-state index >= 15 is 0 Å². The van der Waals surface area contributed by atoms with Gasteiger partial charge in [0.25, 0.3) is 0 Å². The quantitative estimate of drug-likeness (QED) is 0.637. The van der Waals surface area contributed by atoms with Gasteiger partial charge in [-0.15, -0.1) is 22.7 Å². The SMILES string of the molecule is Cc1csc([C@H]2CCCN2)n1.O=Cc1cc(C(=O)O)cc(-c2nccs2)c1. The van der Waals surface area contributed by atoms with E-state index in [1.807, 2.05) is 0 Å². The highest BCUT2D eigenvalue weighted by molar-refractivity contribution is 7.13. The van der Waals surface area contributed by atoms with Crippen LogP contribution < -0.4 is 5.32 Å². The number of carbonyl (C=O) groups is 2. The monoisotopic (exact) mass is 401 g/mol. The van der Waals surface area contributed by atoms with E-state index in [0.717, 1.165) is 12.2 Å². The van der Waals surface area contributed by atoms with E-state index in [-0.39, 0.29) is 5.56 Å². The number of aryl methyl sites for hydroxylation is 1. The van der Waals surface area contributed by atoms with Crippen molar-refractivity contribution in [3.05, 3.63) is 57.0 Å². The molecule has 1 aliphatic rings. The molecule has 0 radical (unpaired) electrons. The van der Waals surface area contributed by atoms with Gasteiger partial charge in [-0.25, -0.2) is 14.8 Å². The smallest absolute Gasteiger partial charge is 0.335 e. The van der Waals surface area contributed by atoms with Crippen LogP contribution in [0.4, 0.5) is 0 Å². The van der Waals surface area contributed by atoms with Crippen molar-refractivity contribution < 1.29 is 14.7 Å².